The molecule has 1 aromatic rings. The third kappa shape index (κ3) is 2.90. The van der Waals surface area contributed by atoms with Crippen molar-refractivity contribution in [3.63, 3.8) is 0 Å². The molecule has 2 heterocycles. The summed E-state index contributed by atoms with van der Waals surface area (Å²) in [6, 6.07) is 5.65. The van der Waals surface area contributed by atoms with E-state index < -0.39 is 0 Å². The van der Waals surface area contributed by atoms with Gasteiger partial charge in [0.15, 0.2) is 0 Å². The second-order valence-corrected chi connectivity index (χ2v) is 6.28. The zero-order valence-corrected chi connectivity index (χ0v) is 12.4. The number of rotatable bonds is 2. The van der Waals surface area contributed by atoms with E-state index in [1.165, 1.54) is 0 Å². The van der Waals surface area contributed by atoms with Gasteiger partial charge in [0.05, 0.1) is 6.04 Å². The smallest absolute Gasteiger partial charge is 0.242 e. The first kappa shape index (κ1) is 13.5. The van der Waals surface area contributed by atoms with Crippen molar-refractivity contribution >= 4 is 27.7 Å². The van der Waals surface area contributed by atoms with Crippen LogP contribution in [-0.4, -0.2) is 23.0 Å². The molecule has 0 radical (unpaired) electrons. The van der Waals surface area contributed by atoms with Crippen LogP contribution in [0.3, 0.4) is 0 Å². The summed E-state index contributed by atoms with van der Waals surface area (Å²) in [7, 11) is 0. The van der Waals surface area contributed by atoms with Crippen LogP contribution in [0, 0.1) is 5.41 Å². The Hall–Kier alpha value is -0.940. The van der Waals surface area contributed by atoms with Gasteiger partial charge in [0.25, 0.3) is 0 Å². The van der Waals surface area contributed by atoms with Crippen LogP contribution in [0.1, 0.15) is 27.2 Å². The third-order valence-electron chi connectivity index (χ3n) is 3.64. The van der Waals surface area contributed by atoms with Crippen molar-refractivity contribution < 1.29 is 4.79 Å². The number of hydrogen-bond acceptors (Lipinski definition) is 3. The Labute approximate surface area is 116 Å². The molecule has 0 aromatic carbocycles. The van der Waals surface area contributed by atoms with E-state index in [0.717, 1.165) is 6.42 Å². The number of carbonyl (C=O) groups is 1. The van der Waals surface area contributed by atoms with E-state index in [0.29, 0.717) is 16.5 Å². The average molecular weight is 312 g/mol. The lowest BCUT2D eigenvalue weighted by molar-refractivity contribution is -0.118. The van der Waals surface area contributed by atoms with Gasteiger partial charge in [0, 0.05) is 6.04 Å². The molecule has 0 aliphatic carbocycles. The largest absolute Gasteiger partial charge is 0.309 e. The molecule has 0 saturated carbocycles. The number of aromatic nitrogens is 1. The number of anilines is 1. The first-order valence-electron chi connectivity index (χ1n) is 6.08. The Morgan fingerprint density at radius 1 is 1.56 bits per heavy atom. The lowest BCUT2D eigenvalue weighted by Gasteiger charge is -2.21. The molecule has 1 amide bonds. The monoisotopic (exact) mass is 311 g/mol. The second-order valence-electron chi connectivity index (χ2n) is 5.47. The van der Waals surface area contributed by atoms with Gasteiger partial charge in [-0.05, 0) is 46.8 Å². The summed E-state index contributed by atoms with van der Waals surface area (Å²) in [6.45, 7) is 6.47. The highest BCUT2D eigenvalue weighted by Crippen LogP contribution is 2.33. The van der Waals surface area contributed by atoms with Gasteiger partial charge in [-0.15, -0.1) is 0 Å². The molecule has 1 aromatic heterocycles. The summed E-state index contributed by atoms with van der Waals surface area (Å²) >= 11 is 3.29. The van der Waals surface area contributed by atoms with Gasteiger partial charge in [0.2, 0.25) is 5.91 Å². The minimum atomic E-state index is -0.143. The number of nitrogens with one attached hydrogen (secondary N) is 2. The second kappa shape index (κ2) is 4.97. The van der Waals surface area contributed by atoms with Crippen LogP contribution in [0.2, 0.25) is 0 Å². The molecule has 0 bridgehead atoms. The van der Waals surface area contributed by atoms with Crippen molar-refractivity contribution in [2.24, 2.45) is 5.41 Å². The van der Waals surface area contributed by atoms with Gasteiger partial charge in [-0.2, -0.15) is 0 Å². The SMILES string of the molecule is C[C@@H]1N[C@H](C(=O)Nc2cccc(Br)n2)CC1(C)C. The van der Waals surface area contributed by atoms with Crippen LogP contribution in [0.5, 0.6) is 0 Å². The Kier molecular flexibility index (Phi) is 3.73. The molecule has 2 atom stereocenters. The normalized spacial score (nSPS) is 26.0. The number of pyridine rings is 1. The molecular formula is C13H18BrN3O. The predicted molar refractivity (Wildman–Crippen MR) is 75.4 cm³/mol. The fourth-order valence-corrected chi connectivity index (χ4v) is 2.49. The van der Waals surface area contributed by atoms with E-state index in [1.807, 2.05) is 12.1 Å². The number of amides is 1. The molecule has 1 aliphatic heterocycles. The van der Waals surface area contributed by atoms with Gasteiger partial charge < -0.3 is 10.6 Å². The standard InChI is InChI=1S/C13H18BrN3O/c1-8-13(2,3)7-9(15-8)12(18)17-11-6-4-5-10(14)16-11/h4-6,8-9,15H,7H2,1-3H3,(H,16,17,18)/t8-,9-/m0/s1. The first-order valence-corrected chi connectivity index (χ1v) is 6.87. The van der Waals surface area contributed by atoms with Crippen molar-refractivity contribution in [2.45, 2.75) is 39.3 Å². The van der Waals surface area contributed by atoms with E-state index in [-0.39, 0.29) is 17.4 Å². The summed E-state index contributed by atoms with van der Waals surface area (Å²) < 4.78 is 0.716. The van der Waals surface area contributed by atoms with Gasteiger partial charge >= 0.3 is 0 Å². The van der Waals surface area contributed by atoms with Gasteiger partial charge in [-0.1, -0.05) is 19.9 Å². The fourth-order valence-electron chi connectivity index (χ4n) is 2.15. The Morgan fingerprint density at radius 3 is 2.83 bits per heavy atom. The molecule has 5 heteroatoms. The summed E-state index contributed by atoms with van der Waals surface area (Å²) in [4.78, 5) is 16.3. The quantitative estimate of drug-likeness (QED) is 0.825. The lowest BCUT2D eigenvalue weighted by atomic mass is 9.84. The van der Waals surface area contributed by atoms with E-state index in [1.54, 1.807) is 6.07 Å². The Bertz CT molecular complexity index is 461. The van der Waals surface area contributed by atoms with E-state index >= 15 is 0 Å². The van der Waals surface area contributed by atoms with E-state index in [2.05, 4.69) is 52.3 Å². The summed E-state index contributed by atoms with van der Waals surface area (Å²) in [5.74, 6) is 0.562. The molecule has 1 fully saturated rings. The predicted octanol–water partition coefficient (Wildman–Crippen LogP) is 2.56. The minimum Gasteiger partial charge on any atom is -0.309 e. The Morgan fingerprint density at radius 2 is 2.28 bits per heavy atom. The highest BCUT2D eigenvalue weighted by molar-refractivity contribution is 9.10. The molecule has 4 nitrogen and oxygen atoms in total. The molecule has 2 N–H and O–H groups in total. The van der Waals surface area contributed by atoms with Crippen LogP contribution in [0.4, 0.5) is 5.82 Å². The van der Waals surface area contributed by atoms with Crippen LogP contribution >= 0.6 is 15.9 Å². The van der Waals surface area contributed by atoms with Crippen molar-refractivity contribution in [2.75, 3.05) is 5.32 Å². The van der Waals surface area contributed by atoms with Crippen molar-refractivity contribution in [3.8, 4) is 0 Å². The Balaban J connectivity index is 2.02. The molecular weight excluding hydrogens is 294 g/mol. The minimum absolute atomic E-state index is 0.0157. The summed E-state index contributed by atoms with van der Waals surface area (Å²) in [5, 5.41) is 6.17. The zero-order valence-electron chi connectivity index (χ0n) is 10.8. The topological polar surface area (TPSA) is 54.0 Å². The zero-order chi connectivity index (χ0) is 13.3. The van der Waals surface area contributed by atoms with Gasteiger partial charge in [-0.3, -0.25) is 4.79 Å². The number of halogens is 1. The molecule has 2 rings (SSSR count). The summed E-state index contributed by atoms with van der Waals surface area (Å²) in [6.07, 6.45) is 0.841. The number of hydrogen-bond donors (Lipinski definition) is 2. The van der Waals surface area contributed by atoms with E-state index in [9.17, 15) is 4.79 Å². The maximum absolute atomic E-state index is 12.1. The van der Waals surface area contributed by atoms with Gasteiger partial charge in [-0.25, -0.2) is 4.98 Å². The van der Waals surface area contributed by atoms with E-state index in [4.69, 9.17) is 0 Å². The lowest BCUT2D eigenvalue weighted by Crippen LogP contribution is -2.38. The molecule has 0 unspecified atom stereocenters. The maximum atomic E-state index is 12.1. The highest BCUT2D eigenvalue weighted by atomic mass is 79.9. The average Bonchev–Trinajstić information content (AvgIpc) is 2.53. The molecule has 1 saturated heterocycles. The number of nitrogens with zero attached hydrogens (tertiary/aromatic N) is 1. The molecule has 98 valence electrons. The maximum Gasteiger partial charge on any atom is 0.242 e. The van der Waals surface area contributed by atoms with Crippen LogP contribution in [-0.2, 0) is 4.79 Å². The van der Waals surface area contributed by atoms with Crippen LogP contribution in [0.25, 0.3) is 0 Å². The van der Waals surface area contributed by atoms with Gasteiger partial charge in [0.1, 0.15) is 10.4 Å². The van der Waals surface area contributed by atoms with Crippen LogP contribution < -0.4 is 10.6 Å². The molecule has 1 aliphatic rings. The third-order valence-corrected chi connectivity index (χ3v) is 4.08. The van der Waals surface area contributed by atoms with Crippen molar-refractivity contribution in [1.82, 2.24) is 10.3 Å². The highest BCUT2D eigenvalue weighted by Gasteiger charge is 2.40. The van der Waals surface area contributed by atoms with Crippen LogP contribution in [0.15, 0.2) is 22.8 Å². The number of carbonyl (C=O) groups excluding carboxylic acids is 1. The molecule has 18 heavy (non-hydrogen) atoms. The van der Waals surface area contributed by atoms with Crippen molar-refractivity contribution in [1.29, 1.82) is 0 Å². The first-order chi connectivity index (χ1) is 8.38. The fraction of sp³-hybridized carbons (Fsp3) is 0.538. The summed E-state index contributed by atoms with van der Waals surface area (Å²) in [5.41, 5.74) is 0.146. The molecule has 0 spiro atoms. The van der Waals surface area contributed by atoms with Crippen molar-refractivity contribution in [3.05, 3.63) is 22.8 Å².